The first-order valence-corrected chi connectivity index (χ1v) is 16.1. The molecule has 0 radical (unpaired) electrons. The van der Waals surface area contributed by atoms with Gasteiger partial charge in [0.1, 0.15) is 29.6 Å². The summed E-state index contributed by atoms with van der Waals surface area (Å²) in [6.07, 6.45) is 5.98. The second-order valence-electron chi connectivity index (χ2n) is 12.9. The third kappa shape index (κ3) is 5.72. The lowest BCUT2D eigenvalue weighted by molar-refractivity contribution is 0.0662. The smallest absolute Gasteiger partial charge is 0.318 e. The molecular weight excluding hydrogens is 585 g/mol. The standard InChI is InChI=1S/C34H44FN9O2/c1-21(23-8-6-12-39-31(23)38)43(3)32-26-20-42(2)34(11-5-7-24-27(35)17-28(37)25(19-36)30(24)34)18-29(26)40-33(41-32)46-22-9-13-44(14-10-22)15-16-45-4/h6,8,12,17,21-22H,5,7,9-11,13-16,18,20,37H2,1-4H3,(H2,38,39)/t21-,34+/m1/s1. The zero-order valence-electron chi connectivity index (χ0n) is 27.2. The number of halogens is 1. The largest absolute Gasteiger partial charge is 0.460 e. The molecule has 11 nitrogen and oxygen atoms in total. The number of likely N-dealkylation sites (N-methyl/N-ethyl adjacent to an activating group) is 1. The van der Waals surface area contributed by atoms with Gasteiger partial charge in [0.2, 0.25) is 0 Å². The number of methoxy groups -OCH3 is 1. The number of fused-ring (bicyclic) bond motifs is 3. The van der Waals surface area contributed by atoms with Crippen LogP contribution in [0, 0.1) is 17.1 Å². The minimum Gasteiger partial charge on any atom is -0.460 e. The molecule has 2 aromatic heterocycles. The maximum absolute atomic E-state index is 15.4. The van der Waals surface area contributed by atoms with E-state index in [0.29, 0.717) is 54.5 Å². The van der Waals surface area contributed by atoms with E-state index in [1.165, 1.54) is 6.07 Å². The van der Waals surface area contributed by atoms with E-state index in [1.54, 1.807) is 13.3 Å². The van der Waals surface area contributed by atoms with Gasteiger partial charge in [0.05, 0.1) is 35.1 Å². The third-order valence-corrected chi connectivity index (χ3v) is 10.3. The zero-order valence-corrected chi connectivity index (χ0v) is 27.2. The lowest BCUT2D eigenvalue weighted by Gasteiger charge is -2.50. The van der Waals surface area contributed by atoms with Crippen molar-refractivity contribution in [3.05, 3.63) is 63.7 Å². The molecule has 2 aliphatic heterocycles. The normalized spacial score (nSPS) is 21.0. The first kappa shape index (κ1) is 31.9. The van der Waals surface area contributed by atoms with Crippen LogP contribution in [0.15, 0.2) is 24.4 Å². The van der Waals surface area contributed by atoms with E-state index in [1.807, 2.05) is 26.2 Å². The molecular formula is C34H44FN9O2. The van der Waals surface area contributed by atoms with Crippen LogP contribution in [0.1, 0.15) is 72.2 Å². The molecule has 0 unspecified atom stereocenters. The Morgan fingerprint density at radius 2 is 2.02 bits per heavy atom. The van der Waals surface area contributed by atoms with Gasteiger partial charge >= 0.3 is 6.01 Å². The maximum atomic E-state index is 15.4. The minimum absolute atomic E-state index is 0.0175. The van der Waals surface area contributed by atoms with E-state index < -0.39 is 5.54 Å². The summed E-state index contributed by atoms with van der Waals surface area (Å²) in [7, 11) is 5.76. The van der Waals surface area contributed by atoms with Crippen molar-refractivity contribution in [1.82, 2.24) is 24.8 Å². The topological polar surface area (TPSA) is 143 Å². The van der Waals surface area contributed by atoms with Crippen molar-refractivity contribution in [1.29, 1.82) is 5.26 Å². The molecule has 12 heteroatoms. The van der Waals surface area contributed by atoms with Gasteiger partial charge in [0, 0.05) is 64.1 Å². The number of hydrogen-bond donors (Lipinski definition) is 2. The van der Waals surface area contributed by atoms with Crippen LogP contribution in [-0.4, -0.2) is 78.3 Å². The molecule has 0 saturated carbocycles. The number of nitrogens with two attached hydrogens (primary N) is 2. The number of nitrogens with zero attached hydrogens (tertiary/aromatic N) is 7. The number of aromatic nitrogens is 3. The number of anilines is 3. The van der Waals surface area contributed by atoms with E-state index in [2.05, 4.69) is 32.7 Å². The molecule has 0 bridgehead atoms. The average Bonchev–Trinajstić information content (AvgIpc) is 3.05. The molecule has 1 saturated heterocycles. The van der Waals surface area contributed by atoms with Gasteiger partial charge in [-0.3, -0.25) is 4.90 Å². The molecule has 0 amide bonds. The fourth-order valence-corrected chi connectivity index (χ4v) is 7.57. The fourth-order valence-electron chi connectivity index (χ4n) is 7.57. The van der Waals surface area contributed by atoms with Gasteiger partial charge in [-0.15, -0.1) is 0 Å². The van der Waals surface area contributed by atoms with Gasteiger partial charge in [-0.05, 0) is 69.3 Å². The van der Waals surface area contributed by atoms with Crippen LogP contribution in [0.5, 0.6) is 6.01 Å². The number of nitrogen functional groups attached to an aromatic ring is 2. The van der Waals surface area contributed by atoms with Crippen LogP contribution in [0.4, 0.5) is 21.7 Å². The van der Waals surface area contributed by atoms with Gasteiger partial charge in [0.25, 0.3) is 0 Å². The first-order chi connectivity index (χ1) is 22.2. The number of hydrogen-bond acceptors (Lipinski definition) is 11. The summed E-state index contributed by atoms with van der Waals surface area (Å²) >= 11 is 0. The van der Waals surface area contributed by atoms with Crippen molar-refractivity contribution >= 4 is 17.3 Å². The molecule has 1 aromatic carbocycles. The molecule has 46 heavy (non-hydrogen) atoms. The molecule has 244 valence electrons. The highest BCUT2D eigenvalue weighted by molar-refractivity contribution is 5.64. The number of likely N-dealkylation sites (tertiary alicyclic amines) is 1. The summed E-state index contributed by atoms with van der Waals surface area (Å²) in [6.45, 7) is 6.01. The van der Waals surface area contributed by atoms with Crippen LogP contribution in [-0.2, 0) is 29.7 Å². The highest BCUT2D eigenvalue weighted by Crippen LogP contribution is 2.50. The number of nitriles is 1. The van der Waals surface area contributed by atoms with E-state index in [9.17, 15) is 5.26 Å². The number of piperidine rings is 1. The lowest BCUT2D eigenvalue weighted by atomic mass is 9.68. The van der Waals surface area contributed by atoms with Crippen molar-refractivity contribution in [2.24, 2.45) is 0 Å². The Bertz CT molecular complexity index is 1640. The van der Waals surface area contributed by atoms with Crippen LogP contribution < -0.4 is 21.1 Å². The van der Waals surface area contributed by atoms with Crippen LogP contribution in [0.25, 0.3) is 0 Å². The van der Waals surface area contributed by atoms with Crippen LogP contribution in [0.3, 0.4) is 0 Å². The molecule has 4 N–H and O–H groups in total. The SMILES string of the molecule is COCCN1CCC(Oc2nc3c(c(N(C)[C@H](C)c4cccnc4N)n2)CN(C)[C@@]2(CCCc4c(F)cc(N)c(C#N)c42)C3)CC1. The Kier molecular flexibility index (Phi) is 9.01. The van der Waals surface area contributed by atoms with E-state index in [0.717, 1.165) is 68.0 Å². The van der Waals surface area contributed by atoms with Crippen LogP contribution >= 0.6 is 0 Å². The van der Waals surface area contributed by atoms with Crippen molar-refractivity contribution in [3.8, 4) is 12.1 Å². The summed E-state index contributed by atoms with van der Waals surface area (Å²) in [6, 6.07) is 7.65. The monoisotopic (exact) mass is 629 g/mol. The summed E-state index contributed by atoms with van der Waals surface area (Å²) < 4.78 is 27.2. The molecule has 1 spiro atoms. The molecule has 3 aliphatic rings. The molecule has 4 heterocycles. The van der Waals surface area contributed by atoms with Gasteiger partial charge in [0.15, 0.2) is 0 Å². The van der Waals surface area contributed by atoms with Crippen molar-refractivity contribution in [2.75, 3.05) is 63.8 Å². The van der Waals surface area contributed by atoms with E-state index in [4.69, 9.17) is 30.9 Å². The van der Waals surface area contributed by atoms with E-state index in [-0.39, 0.29) is 23.7 Å². The second-order valence-corrected chi connectivity index (χ2v) is 12.9. The Morgan fingerprint density at radius 3 is 2.74 bits per heavy atom. The number of benzene rings is 1. The summed E-state index contributed by atoms with van der Waals surface area (Å²) in [5, 5.41) is 10.2. The van der Waals surface area contributed by atoms with E-state index >= 15 is 4.39 Å². The summed E-state index contributed by atoms with van der Waals surface area (Å²) in [4.78, 5) is 21.1. The molecule has 6 rings (SSSR count). The van der Waals surface area contributed by atoms with Crippen molar-refractivity contribution in [3.63, 3.8) is 0 Å². The quantitative estimate of drug-likeness (QED) is 0.350. The third-order valence-electron chi connectivity index (χ3n) is 10.3. The Balaban J connectivity index is 1.41. The Hall–Kier alpha value is -4.05. The molecule has 2 atom stereocenters. The Labute approximate surface area is 270 Å². The highest BCUT2D eigenvalue weighted by Gasteiger charge is 2.48. The van der Waals surface area contributed by atoms with Crippen molar-refractivity contribution in [2.45, 2.75) is 69.7 Å². The second kappa shape index (κ2) is 13.0. The highest BCUT2D eigenvalue weighted by atomic mass is 19.1. The zero-order chi connectivity index (χ0) is 32.6. The lowest BCUT2D eigenvalue weighted by Crippen LogP contribution is -2.51. The van der Waals surface area contributed by atoms with Crippen LogP contribution in [0.2, 0.25) is 0 Å². The number of pyridine rings is 1. The van der Waals surface area contributed by atoms with Gasteiger partial charge < -0.3 is 30.7 Å². The number of ether oxygens (including phenoxy) is 2. The maximum Gasteiger partial charge on any atom is 0.318 e. The van der Waals surface area contributed by atoms with Crippen molar-refractivity contribution < 1.29 is 13.9 Å². The molecule has 1 fully saturated rings. The molecule has 3 aromatic rings. The fraction of sp³-hybridized carbons (Fsp3) is 0.529. The predicted molar refractivity (Wildman–Crippen MR) is 175 cm³/mol. The minimum atomic E-state index is -0.643. The van der Waals surface area contributed by atoms with Gasteiger partial charge in [-0.1, -0.05) is 6.07 Å². The van der Waals surface area contributed by atoms with Gasteiger partial charge in [-0.25, -0.2) is 9.37 Å². The summed E-state index contributed by atoms with van der Waals surface area (Å²) in [5.41, 5.74) is 16.4. The van der Waals surface area contributed by atoms with Gasteiger partial charge in [-0.2, -0.15) is 15.2 Å². The first-order valence-electron chi connectivity index (χ1n) is 16.1. The Morgan fingerprint density at radius 1 is 1.24 bits per heavy atom. The average molecular weight is 630 g/mol. The predicted octanol–water partition coefficient (Wildman–Crippen LogP) is 3.95. The molecule has 1 aliphatic carbocycles. The number of rotatable bonds is 8. The summed E-state index contributed by atoms with van der Waals surface area (Å²) in [5.74, 6) is 0.877.